The van der Waals surface area contributed by atoms with E-state index in [2.05, 4.69) is 27.5 Å². The first-order valence-corrected chi connectivity index (χ1v) is 9.14. The first-order valence-electron chi connectivity index (χ1n) is 7.25. The van der Waals surface area contributed by atoms with Gasteiger partial charge in [-0.2, -0.15) is 22.7 Å². The van der Waals surface area contributed by atoms with Crippen LogP contribution >= 0.6 is 22.7 Å². The molecule has 0 aliphatic heterocycles. The van der Waals surface area contributed by atoms with E-state index in [1.54, 1.807) is 34.7 Å². The molecule has 6 heteroatoms. The molecule has 0 saturated heterocycles. The standard InChI is InChI=1S/C16H22N2O2S2/c1-13(9-14-3-7-21-11-14)17-16(19)18(5-6-20-2)10-15-4-8-22-12-15/h3-4,7-8,11-13H,5-6,9-10H2,1-2H3,(H,17,19)/t13-/m0/s1. The largest absolute Gasteiger partial charge is 0.383 e. The fraction of sp³-hybridized carbons (Fsp3) is 0.438. The monoisotopic (exact) mass is 338 g/mol. The molecule has 4 nitrogen and oxygen atoms in total. The highest BCUT2D eigenvalue weighted by Crippen LogP contribution is 2.11. The van der Waals surface area contributed by atoms with E-state index in [-0.39, 0.29) is 12.1 Å². The molecule has 22 heavy (non-hydrogen) atoms. The molecule has 2 aromatic heterocycles. The molecule has 120 valence electrons. The van der Waals surface area contributed by atoms with E-state index in [1.165, 1.54) is 5.56 Å². The van der Waals surface area contributed by atoms with Gasteiger partial charge in [0.05, 0.1) is 6.61 Å². The van der Waals surface area contributed by atoms with Gasteiger partial charge >= 0.3 is 6.03 Å². The summed E-state index contributed by atoms with van der Waals surface area (Å²) in [4.78, 5) is 14.3. The van der Waals surface area contributed by atoms with Crippen LogP contribution in [-0.4, -0.2) is 37.2 Å². The van der Waals surface area contributed by atoms with Crippen molar-refractivity contribution in [3.05, 3.63) is 44.8 Å². The zero-order valence-electron chi connectivity index (χ0n) is 13.0. The lowest BCUT2D eigenvalue weighted by molar-refractivity contribution is 0.145. The Morgan fingerprint density at radius 2 is 1.95 bits per heavy atom. The van der Waals surface area contributed by atoms with E-state index in [0.29, 0.717) is 19.7 Å². The summed E-state index contributed by atoms with van der Waals surface area (Å²) in [7, 11) is 1.65. The minimum absolute atomic E-state index is 0.0361. The first-order chi connectivity index (χ1) is 10.7. The minimum atomic E-state index is -0.0361. The summed E-state index contributed by atoms with van der Waals surface area (Å²) in [6, 6.07) is 4.22. The molecule has 2 amide bonds. The fourth-order valence-electron chi connectivity index (χ4n) is 2.17. The van der Waals surface area contributed by atoms with Gasteiger partial charge in [0.2, 0.25) is 0 Å². The summed E-state index contributed by atoms with van der Waals surface area (Å²) >= 11 is 3.33. The van der Waals surface area contributed by atoms with Gasteiger partial charge in [0.15, 0.2) is 0 Å². The van der Waals surface area contributed by atoms with Crippen LogP contribution in [0.3, 0.4) is 0 Å². The molecule has 1 atom stereocenters. The zero-order valence-corrected chi connectivity index (χ0v) is 14.6. The van der Waals surface area contributed by atoms with Crippen molar-refractivity contribution in [3.8, 4) is 0 Å². The van der Waals surface area contributed by atoms with E-state index in [9.17, 15) is 4.79 Å². The van der Waals surface area contributed by atoms with Crippen LogP contribution < -0.4 is 5.32 Å². The molecular weight excluding hydrogens is 316 g/mol. The van der Waals surface area contributed by atoms with Gasteiger partial charge in [-0.1, -0.05) is 0 Å². The molecule has 0 aliphatic carbocycles. The number of rotatable bonds is 8. The summed E-state index contributed by atoms with van der Waals surface area (Å²) in [5.41, 5.74) is 2.42. The van der Waals surface area contributed by atoms with Gasteiger partial charge in [-0.3, -0.25) is 0 Å². The Morgan fingerprint density at radius 3 is 2.55 bits per heavy atom. The normalized spacial score (nSPS) is 12.1. The van der Waals surface area contributed by atoms with Crippen molar-refractivity contribution < 1.29 is 9.53 Å². The zero-order chi connectivity index (χ0) is 15.8. The van der Waals surface area contributed by atoms with E-state index >= 15 is 0 Å². The second-order valence-electron chi connectivity index (χ2n) is 5.23. The summed E-state index contributed by atoms with van der Waals surface area (Å²) in [5.74, 6) is 0. The van der Waals surface area contributed by atoms with Gasteiger partial charge in [-0.25, -0.2) is 4.79 Å². The summed E-state index contributed by atoms with van der Waals surface area (Å²) in [5, 5.41) is 11.4. The van der Waals surface area contributed by atoms with Crippen LogP contribution in [0.2, 0.25) is 0 Å². The number of nitrogens with one attached hydrogen (secondary N) is 1. The Balaban J connectivity index is 1.89. The highest BCUT2D eigenvalue weighted by atomic mass is 32.1. The van der Waals surface area contributed by atoms with Crippen molar-refractivity contribution in [2.45, 2.75) is 25.9 Å². The van der Waals surface area contributed by atoms with Gasteiger partial charge in [0.25, 0.3) is 0 Å². The van der Waals surface area contributed by atoms with Crippen LogP contribution in [0.25, 0.3) is 0 Å². The number of hydrogen-bond donors (Lipinski definition) is 1. The van der Waals surface area contributed by atoms with Crippen molar-refractivity contribution in [2.24, 2.45) is 0 Å². The maximum Gasteiger partial charge on any atom is 0.317 e. The van der Waals surface area contributed by atoms with E-state index in [0.717, 1.165) is 12.0 Å². The molecule has 2 rings (SSSR count). The lowest BCUT2D eigenvalue weighted by Gasteiger charge is -2.24. The van der Waals surface area contributed by atoms with E-state index in [1.807, 2.05) is 18.4 Å². The molecule has 0 aromatic carbocycles. The third-order valence-electron chi connectivity index (χ3n) is 3.30. The number of methoxy groups -OCH3 is 1. The number of carbonyl (C=O) groups is 1. The second-order valence-corrected chi connectivity index (χ2v) is 6.79. The van der Waals surface area contributed by atoms with Gasteiger partial charge in [-0.05, 0) is 58.1 Å². The van der Waals surface area contributed by atoms with Crippen molar-refractivity contribution in [2.75, 3.05) is 20.3 Å². The number of urea groups is 1. The number of ether oxygens (including phenoxy) is 1. The first kappa shape index (κ1) is 17.0. The number of nitrogens with zero attached hydrogens (tertiary/aromatic N) is 1. The molecule has 0 bridgehead atoms. The highest BCUT2D eigenvalue weighted by molar-refractivity contribution is 7.08. The lowest BCUT2D eigenvalue weighted by Crippen LogP contribution is -2.45. The summed E-state index contributed by atoms with van der Waals surface area (Å²) < 4.78 is 5.11. The maximum atomic E-state index is 12.5. The molecule has 2 aromatic rings. The predicted octanol–water partition coefficient (Wildman–Crippen LogP) is 3.60. The van der Waals surface area contributed by atoms with Gasteiger partial charge in [0, 0.05) is 26.2 Å². The number of amides is 2. The fourth-order valence-corrected chi connectivity index (χ4v) is 3.51. The maximum absolute atomic E-state index is 12.5. The topological polar surface area (TPSA) is 41.6 Å². The van der Waals surface area contributed by atoms with Gasteiger partial charge < -0.3 is 15.0 Å². The van der Waals surface area contributed by atoms with Crippen LogP contribution in [0.5, 0.6) is 0 Å². The minimum Gasteiger partial charge on any atom is -0.383 e. The third-order valence-corrected chi connectivity index (χ3v) is 4.76. The molecule has 0 radical (unpaired) electrons. The third kappa shape index (κ3) is 5.44. The number of thiophene rings is 2. The van der Waals surface area contributed by atoms with Crippen molar-refractivity contribution in [3.63, 3.8) is 0 Å². The molecule has 0 fully saturated rings. The van der Waals surface area contributed by atoms with Gasteiger partial charge in [-0.15, -0.1) is 0 Å². The lowest BCUT2D eigenvalue weighted by atomic mass is 10.1. The average Bonchev–Trinajstić information content (AvgIpc) is 3.16. The summed E-state index contributed by atoms with van der Waals surface area (Å²) in [6.07, 6.45) is 0.853. The van der Waals surface area contributed by atoms with Crippen molar-refractivity contribution in [1.82, 2.24) is 10.2 Å². The van der Waals surface area contributed by atoms with Crippen LogP contribution in [0, 0.1) is 0 Å². The Morgan fingerprint density at radius 1 is 1.27 bits per heavy atom. The van der Waals surface area contributed by atoms with Crippen LogP contribution in [-0.2, 0) is 17.7 Å². The van der Waals surface area contributed by atoms with Crippen LogP contribution in [0.1, 0.15) is 18.1 Å². The molecule has 0 spiro atoms. The average molecular weight is 338 g/mol. The smallest absolute Gasteiger partial charge is 0.317 e. The quantitative estimate of drug-likeness (QED) is 0.799. The molecule has 0 saturated carbocycles. The SMILES string of the molecule is COCCN(Cc1ccsc1)C(=O)N[C@@H](C)Cc1ccsc1. The van der Waals surface area contributed by atoms with Crippen molar-refractivity contribution >= 4 is 28.7 Å². The summed E-state index contributed by atoms with van der Waals surface area (Å²) in [6.45, 7) is 3.78. The Bertz CT molecular complexity index is 541. The molecular formula is C16H22N2O2S2. The molecule has 0 unspecified atom stereocenters. The Kier molecular flexibility index (Phi) is 6.89. The predicted molar refractivity (Wildman–Crippen MR) is 92.6 cm³/mol. The molecule has 0 aliphatic rings. The van der Waals surface area contributed by atoms with E-state index in [4.69, 9.17) is 4.74 Å². The molecule has 2 heterocycles. The van der Waals surface area contributed by atoms with Crippen LogP contribution in [0.15, 0.2) is 33.7 Å². The Labute approximate surface area is 139 Å². The number of hydrogen-bond acceptors (Lipinski definition) is 4. The Hall–Kier alpha value is -1.37. The van der Waals surface area contributed by atoms with Gasteiger partial charge in [0.1, 0.15) is 0 Å². The second kappa shape index (κ2) is 8.92. The molecule has 1 N–H and O–H groups in total. The van der Waals surface area contributed by atoms with Crippen LogP contribution in [0.4, 0.5) is 4.79 Å². The van der Waals surface area contributed by atoms with E-state index < -0.39 is 0 Å². The highest BCUT2D eigenvalue weighted by Gasteiger charge is 2.16. The van der Waals surface area contributed by atoms with Crippen molar-refractivity contribution in [1.29, 1.82) is 0 Å². The number of carbonyl (C=O) groups excluding carboxylic acids is 1.